The predicted molar refractivity (Wildman–Crippen MR) is 130 cm³/mol. The Balaban J connectivity index is 1.79. The van der Waals surface area contributed by atoms with Crippen LogP contribution in [-0.2, 0) is 0 Å². The van der Waals surface area contributed by atoms with Gasteiger partial charge in [-0.2, -0.15) is 0 Å². The molecule has 0 saturated heterocycles. The molecule has 7 nitrogen and oxygen atoms in total. The van der Waals surface area contributed by atoms with Gasteiger partial charge in [0, 0.05) is 0 Å². The van der Waals surface area contributed by atoms with Crippen LogP contribution in [0.4, 0.5) is 5.00 Å². The molecule has 0 fully saturated rings. The average molecular weight is 471 g/mol. The van der Waals surface area contributed by atoms with E-state index in [1.165, 1.54) is 17.6 Å². The highest BCUT2D eigenvalue weighted by Gasteiger charge is 2.23. The standard InChI is InChI=1S/C25H30N2O5S/c1-6-30-18-11-10-17(14-20(18)31-7-2)22(15(3)4)27-25(29)23-16(5)13-21(33-23)26-24(28)19-9-8-12-32-19/h8-15,22H,6-7H2,1-5H3,(H,26,28)(H,27,29). The lowest BCUT2D eigenvalue weighted by Gasteiger charge is -2.24. The molecule has 0 spiro atoms. The van der Waals surface area contributed by atoms with Gasteiger partial charge >= 0.3 is 0 Å². The minimum absolute atomic E-state index is 0.139. The summed E-state index contributed by atoms with van der Waals surface area (Å²) in [5.41, 5.74) is 1.72. The quantitative estimate of drug-likeness (QED) is 0.389. The third kappa shape index (κ3) is 5.96. The van der Waals surface area contributed by atoms with Crippen molar-refractivity contribution in [2.75, 3.05) is 18.5 Å². The second kappa shape index (κ2) is 11.0. The molecule has 1 unspecified atom stereocenters. The van der Waals surface area contributed by atoms with Crippen LogP contribution in [0.3, 0.4) is 0 Å². The average Bonchev–Trinajstić information content (AvgIpc) is 3.43. The largest absolute Gasteiger partial charge is 0.490 e. The Bertz CT molecular complexity index is 1090. The summed E-state index contributed by atoms with van der Waals surface area (Å²) in [5.74, 6) is 1.15. The Morgan fingerprint density at radius 3 is 2.39 bits per heavy atom. The molecule has 1 aromatic carbocycles. The van der Waals surface area contributed by atoms with Gasteiger partial charge in [0.2, 0.25) is 0 Å². The van der Waals surface area contributed by atoms with Crippen molar-refractivity contribution in [1.82, 2.24) is 5.32 Å². The molecule has 2 aromatic heterocycles. The maximum atomic E-state index is 13.2. The van der Waals surface area contributed by atoms with E-state index in [2.05, 4.69) is 24.5 Å². The second-order valence-electron chi connectivity index (χ2n) is 7.82. The highest BCUT2D eigenvalue weighted by Crippen LogP contribution is 2.34. The Morgan fingerprint density at radius 2 is 1.76 bits per heavy atom. The van der Waals surface area contributed by atoms with Gasteiger partial charge in [-0.25, -0.2) is 0 Å². The first kappa shape index (κ1) is 24.4. The number of ether oxygens (including phenoxy) is 2. The van der Waals surface area contributed by atoms with E-state index in [0.717, 1.165) is 11.1 Å². The summed E-state index contributed by atoms with van der Waals surface area (Å²) in [7, 11) is 0. The van der Waals surface area contributed by atoms with Gasteiger partial charge in [-0.15, -0.1) is 11.3 Å². The van der Waals surface area contributed by atoms with Crippen LogP contribution in [0.15, 0.2) is 47.1 Å². The molecule has 2 N–H and O–H groups in total. The number of anilines is 1. The van der Waals surface area contributed by atoms with Crippen LogP contribution in [0, 0.1) is 12.8 Å². The zero-order chi connectivity index (χ0) is 24.0. The molecule has 0 aliphatic carbocycles. The summed E-state index contributed by atoms with van der Waals surface area (Å²) in [5, 5.41) is 6.52. The normalized spacial score (nSPS) is 11.8. The molecule has 3 rings (SSSR count). The van der Waals surface area contributed by atoms with Gasteiger partial charge in [0.15, 0.2) is 17.3 Å². The number of carbonyl (C=O) groups excluding carboxylic acids is 2. The van der Waals surface area contributed by atoms with Crippen molar-refractivity contribution in [2.24, 2.45) is 5.92 Å². The van der Waals surface area contributed by atoms with Gasteiger partial charge in [-0.05, 0) is 68.1 Å². The van der Waals surface area contributed by atoms with Crippen molar-refractivity contribution >= 4 is 28.2 Å². The molecule has 33 heavy (non-hydrogen) atoms. The molecule has 2 heterocycles. The topological polar surface area (TPSA) is 89.8 Å². The Morgan fingerprint density at radius 1 is 1.03 bits per heavy atom. The molecule has 176 valence electrons. The third-order valence-corrected chi connectivity index (χ3v) is 6.14. The minimum atomic E-state index is -0.355. The number of hydrogen-bond acceptors (Lipinski definition) is 6. The van der Waals surface area contributed by atoms with Gasteiger partial charge in [0.05, 0.1) is 35.4 Å². The lowest BCUT2D eigenvalue weighted by molar-refractivity contribution is 0.0928. The van der Waals surface area contributed by atoms with Crippen LogP contribution in [0.2, 0.25) is 0 Å². The monoisotopic (exact) mass is 470 g/mol. The zero-order valence-corrected chi connectivity index (χ0v) is 20.4. The third-order valence-electron chi connectivity index (χ3n) is 4.99. The fourth-order valence-corrected chi connectivity index (χ4v) is 4.42. The molecule has 3 aromatic rings. The Kier molecular flexibility index (Phi) is 8.16. The summed E-state index contributed by atoms with van der Waals surface area (Å²) in [6.07, 6.45) is 1.44. The summed E-state index contributed by atoms with van der Waals surface area (Å²) in [4.78, 5) is 26.0. The fraction of sp³-hybridized carbons (Fsp3) is 0.360. The number of rotatable bonds is 10. The SMILES string of the molecule is CCOc1ccc(C(NC(=O)c2sc(NC(=O)c3ccco3)cc2C)C(C)C)cc1OCC. The molecule has 0 radical (unpaired) electrons. The summed E-state index contributed by atoms with van der Waals surface area (Å²) in [6.45, 7) is 10.9. The molecular weight excluding hydrogens is 440 g/mol. The van der Waals surface area contributed by atoms with Crippen molar-refractivity contribution in [3.8, 4) is 11.5 Å². The van der Waals surface area contributed by atoms with Crippen LogP contribution in [0.25, 0.3) is 0 Å². The predicted octanol–water partition coefficient (Wildman–Crippen LogP) is 5.83. The molecule has 0 saturated carbocycles. The number of benzene rings is 1. The number of thiophene rings is 1. The van der Waals surface area contributed by atoms with Gasteiger partial charge < -0.3 is 24.5 Å². The first-order valence-electron chi connectivity index (χ1n) is 11.0. The summed E-state index contributed by atoms with van der Waals surface area (Å²) < 4.78 is 16.5. The second-order valence-corrected chi connectivity index (χ2v) is 8.87. The van der Waals surface area contributed by atoms with E-state index in [4.69, 9.17) is 13.9 Å². The highest BCUT2D eigenvalue weighted by molar-refractivity contribution is 7.18. The molecule has 0 aliphatic rings. The van der Waals surface area contributed by atoms with E-state index >= 15 is 0 Å². The minimum Gasteiger partial charge on any atom is -0.490 e. The Labute approximate surface area is 198 Å². The summed E-state index contributed by atoms with van der Waals surface area (Å²) in [6, 6.07) is 10.6. The molecule has 2 amide bonds. The first-order valence-corrected chi connectivity index (χ1v) is 11.8. The number of amides is 2. The number of aryl methyl sites for hydroxylation is 1. The first-order chi connectivity index (χ1) is 15.8. The molecule has 0 aliphatic heterocycles. The van der Waals surface area contributed by atoms with E-state index < -0.39 is 0 Å². The van der Waals surface area contributed by atoms with Gasteiger partial charge in [-0.1, -0.05) is 19.9 Å². The number of nitrogens with one attached hydrogen (secondary N) is 2. The lowest BCUT2D eigenvalue weighted by atomic mass is 9.95. The molecule has 8 heteroatoms. The maximum Gasteiger partial charge on any atom is 0.291 e. The molecule has 1 atom stereocenters. The number of hydrogen-bond donors (Lipinski definition) is 2. The lowest BCUT2D eigenvalue weighted by Crippen LogP contribution is -2.31. The van der Waals surface area contributed by atoms with Crippen LogP contribution >= 0.6 is 11.3 Å². The van der Waals surface area contributed by atoms with Crippen molar-refractivity contribution in [3.63, 3.8) is 0 Å². The van der Waals surface area contributed by atoms with Crippen molar-refractivity contribution < 1.29 is 23.5 Å². The smallest absolute Gasteiger partial charge is 0.291 e. The zero-order valence-electron chi connectivity index (χ0n) is 19.6. The van der Waals surface area contributed by atoms with Crippen LogP contribution < -0.4 is 20.1 Å². The summed E-state index contributed by atoms with van der Waals surface area (Å²) >= 11 is 1.23. The number of carbonyl (C=O) groups is 2. The van der Waals surface area contributed by atoms with Gasteiger partial charge in [0.25, 0.3) is 11.8 Å². The highest BCUT2D eigenvalue weighted by atomic mass is 32.1. The number of furan rings is 1. The van der Waals surface area contributed by atoms with Gasteiger partial charge in [-0.3, -0.25) is 9.59 Å². The van der Waals surface area contributed by atoms with Crippen molar-refractivity contribution in [1.29, 1.82) is 0 Å². The van der Waals surface area contributed by atoms with E-state index in [1.807, 2.05) is 39.0 Å². The van der Waals surface area contributed by atoms with Crippen LogP contribution in [0.1, 0.15) is 65.1 Å². The molecule has 0 bridgehead atoms. The van der Waals surface area contributed by atoms with Crippen LogP contribution in [-0.4, -0.2) is 25.0 Å². The van der Waals surface area contributed by atoms with Crippen molar-refractivity contribution in [3.05, 3.63) is 64.4 Å². The van der Waals surface area contributed by atoms with Crippen LogP contribution in [0.5, 0.6) is 11.5 Å². The Hall–Kier alpha value is -3.26. The van der Waals surface area contributed by atoms with Crippen molar-refractivity contribution in [2.45, 2.75) is 40.7 Å². The van der Waals surface area contributed by atoms with E-state index in [-0.39, 0.29) is 29.5 Å². The van der Waals surface area contributed by atoms with E-state index in [0.29, 0.717) is 34.6 Å². The molecular formula is C25H30N2O5S. The fourth-order valence-electron chi connectivity index (χ4n) is 3.45. The van der Waals surface area contributed by atoms with E-state index in [1.54, 1.807) is 18.2 Å². The van der Waals surface area contributed by atoms with Gasteiger partial charge in [0.1, 0.15) is 0 Å². The van der Waals surface area contributed by atoms with E-state index in [9.17, 15) is 9.59 Å². The maximum absolute atomic E-state index is 13.2.